The molecule has 2 nitrogen and oxygen atoms in total. The maximum absolute atomic E-state index is 2.47. The largest absolute Gasteiger partial charge is 0.310 e. The smallest absolute Gasteiger partial charge is 0.0541 e. The molecule has 0 spiro atoms. The van der Waals surface area contributed by atoms with Crippen molar-refractivity contribution in [3.8, 4) is 50.2 Å². The minimum Gasteiger partial charge on any atom is -0.310 e. The molecule has 0 fully saturated rings. The van der Waals surface area contributed by atoms with Crippen LogP contribution in [0.1, 0.15) is 25.0 Å². The number of hydrogen-bond donors (Lipinski definition) is 0. The van der Waals surface area contributed by atoms with Gasteiger partial charge in [-0.3, -0.25) is 0 Å². The van der Waals surface area contributed by atoms with Gasteiger partial charge in [0.2, 0.25) is 0 Å². The second kappa shape index (κ2) is 14.6. The van der Waals surface area contributed by atoms with Gasteiger partial charge < -0.3 is 9.47 Å². The van der Waals surface area contributed by atoms with E-state index >= 15 is 0 Å². The summed E-state index contributed by atoms with van der Waals surface area (Å²) >= 11 is 0. The van der Waals surface area contributed by atoms with Crippen molar-refractivity contribution in [3.63, 3.8) is 0 Å². The molecule has 1 aliphatic rings. The Labute approximate surface area is 368 Å². The zero-order valence-electron chi connectivity index (χ0n) is 35.3. The molecule has 0 radical (unpaired) electrons. The van der Waals surface area contributed by atoms with E-state index < -0.39 is 0 Å². The molecule has 298 valence electrons. The Kier molecular flexibility index (Phi) is 8.55. The molecule has 0 saturated heterocycles. The molecule has 1 heterocycles. The molecule has 63 heavy (non-hydrogen) atoms. The molecule has 0 amide bonds. The minimum atomic E-state index is -0.147. The number of para-hydroxylation sites is 3. The third-order valence-electron chi connectivity index (χ3n) is 13.4. The van der Waals surface area contributed by atoms with Crippen LogP contribution in [0, 0.1) is 0 Å². The Morgan fingerprint density at radius 2 is 0.905 bits per heavy atom. The summed E-state index contributed by atoms with van der Waals surface area (Å²) in [4.78, 5) is 2.47. The van der Waals surface area contributed by atoms with Crippen LogP contribution in [0.4, 0.5) is 17.1 Å². The standard InChI is InChI=1S/C61H44N2/c1-61(2)55-24-12-8-21-50(55)51-36-35-48(40-56(51)61)62(47-33-30-43(31-34-47)41-16-4-3-5-17-41)60-37-32-46(39-54(60)45-29-28-42-18-6-7-19-44(42)38-45)49-20-9-13-25-57(49)63-58-26-14-10-22-52(58)53-23-11-15-27-59(53)63/h3-40H,1-2H3. The second-order valence-corrected chi connectivity index (χ2v) is 17.3. The molecule has 12 rings (SSSR count). The predicted octanol–water partition coefficient (Wildman–Crippen LogP) is 16.7. The van der Waals surface area contributed by atoms with Crippen LogP contribution in [0.3, 0.4) is 0 Å². The fourth-order valence-electron chi connectivity index (χ4n) is 10.3. The van der Waals surface area contributed by atoms with E-state index in [-0.39, 0.29) is 5.41 Å². The average molecular weight is 805 g/mol. The lowest BCUT2D eigenvalue weighted by Crippen LogP contribution is -2.17. The number of aromatic nitrogens is 1. The van der Waals surface area contributed by atoms with E-state index in [9.17, 15) is 0 Å². The highest BCUT2D eigenvalue weighted by molar-refractivity contribution is 6.10. The summed E-state index contributed by atoms with van der Waals surface area (Å²) in [6, 6.07) is 84.8. The highest BCUT2D eigenvalue weighted by Crippen LogP contribution is 2.52. The molecule has 0 saturated carbocycles. The van der Waals surface area contributed by atoms with Crippen LogP contribution in [-0.2, 0) is 5.41 Å². The summed E-state index contributed by atoms with van der Waals surface area (Å²) in [6.07, 6.45) is 0. The van der Waals surface area contributed by atoms with Gasteiger partial charge in [0.1, 0.15) is 0 Å². The van der Waals surface area contributed by atoms with Gasteiger partial charge in [-0.15, -0.1) is 0 Å². The zero-order chi connectivity index (χ0) is 42.1. The Bertz CT molecular complexity index is 3480. The van der Waals surface area contributed by atoms with E-state index in [1.165, 1.54) is 77.1 Å². The first-order valence-corrected chi connectivity index (χ1v) is 21.9. The molecule has 11 aromatic rings. The summed E-state index contributed by atoms with van der Waals surface area (Å²) in [5.41, 5.74) is 19.2. The quantitative estimate of drug-likeness (QED) is 0.156. The van der Waals surface area contributed by atoms with Crippen LogP contribution in [0.5, 0.6) is 0 Å². The van der Waals surface area contributed by atoms with Gasteiger partial charge in [0.05, 0.1) is 22.4 Å². The van der Waals surface area contributed by atoms with Gasteiger partial charge in [0, 0.05) is 38.7 Å². The van der Waals surface area contributed by atoms with Gasteiger partial charge in [-0.05, 0) is 116 Å². The first kappa shape index (κ1) is 36.9. The van der Waals surface area contributed by atoms with E-state index in [1.807, 2.05) is 0 Å². The fourth-order valence-corrected chi connectivity index (χ4v) is 10.3. The van der Waals surface area contributed by atoms with Crippen LogP contribution in [0.15, 0.2) is 231 Å². The van der Waals surface area contributed by atoms with Crippen LogP contribution in [0.25, 0.3) is 82.8 Å². The Morgan fingerprint density at radius 1 is 0.349 bits per heavy atom. The van der Waals surface area contributed by atoms with Gasteiger partial charge in [0.25, 0.3) is 0 Å². The van der Waals surface area contributed by atoms with E-state index in [2.05, 4.69) is 254 Å². The van der Waals surface area contributed by atoms with Crippen LogP contribution in [-0.4, -0.2) is 4.57 Å². The first-order valence-electron chi connectivity index (χ1n) is 21.9. The SMILES string of the molecule is CC1(C)c2ccccc2-c2ccc(N(c3ccc(-c4ccccc4)cc3)c3ccc(-c4ccccc4-n4c5ccccc5c5ccccc54)cc3-c3ccc4ccccc4c3)cc21. The number of fused-ring (bicyclic) bond motifs is 7. The Morgan fingerprint density at radius 3 is 1.68 bits per heavy atom. The highest BCUT2D eigenvalue weighted by Gasteiger charge is 2.36. The molecule has 0 bridgehead atoms. The molecule has 0 atom stereocenters. The third-order valence-corrected chi connectivity index (χ3v) is 13.4. The van der Waals surface area contributed by atoms with Crippen molar-refractivity contribution in [1.29, 1.82) is 0 Å². The van der Waals surface area contributed by atoms with Gasteiger partial charge >= 0.3 is 0 Å². The monoisotopic (exact) mass is 804 g/mol. The van der Waals surface area contributed by atoms with Crippen molar-refractivity contribution in [2.24, 2.45) is 0 Å². The molecular weight excluding hydrogens is 761 g/mol. The summed E-state index contributed by atoms with van der Waals surface area (Å²) in [7, 11) is 0. The molecular formula is C61H44N2. The third kappa shape index (κ3) is 6.02. The summed E-state index contributed by atoms with van der Waals surface area (Å²) < 4.78 is 2.44. The molecule has 0 unspecified atom stereocenters. The van der Waals surface area contributed by atoms with Crippen molar-refractivity contribution >= 4 is 49.6 Å². The zero-order valence-corrected chi connectivity index (χ0v) is 35.3. The number of benzene rings is 10. The van der Waals surface area contributed by atoms with Crippen molar-refractivity contribution in [1.82, 2.24) is 4.57 Å². The minimum absolute atomic E-state index is 0.147. The van der Waals surface area contributed by atoms with E-state index in [1.54, 1.807) is 0 Å². The average Bonchev–Trinajstić information content (AvgIpc) is 3.80. The molecule has 1 aliphatic carbocycles. The number of hydrogen-bond acceptors (Lipinski definition) is 1. The second-order valence-electron chi connectivity index (χ2n) is 17.3. The molecule has 0 N–H and O–H groups in total. The van der Waals surface area contributed by atoms with Crippen LogP contribution < -0.4 is 4.90 Å². The van der Waals surface area contributed by atoms with Crippen LogP contribution in [0.2, 0.25) is 0 Å². The van der Waals surface area contributed by atoms with Crippen molar-refractivity contribution in [2.45, 2.75) is 19.3 Å². The van der Waals surface area contributed by atoms with Gasteiger partial charge in [0.15, 0.2) is 0 Å². The first-order chi connectivity index (χ1) is 31.0. The van der Waals surface area contributed by atoms with Gasteiger partial charge in [-0.1, -0.05) is 184 Å². The van der Waals surface area contributed by atoms with Crippen LogP contribution >= 0.6 is 0 Å². The Balaban J connectivity index is 1.10. The molecule has 10 aromatic carbocycles. The summed E-state index contributed by atoms with van der Waals surface area (Å²) in [5.74, 6) is 0. The lowest BCUT2D eigenvalue weighted by Gasteiger charge is -2.30. The fraction of sp³-hybridized carbons (Fsp3) is 0.0492. The summed E-state index contributed by atoms with van der Waals surface area (Å²) in [6.45, 7) is 4.73. The van der Waals surface area contributed by atoms with E-state index in [4.69, 9.17) is 0 Å². The molecule has 0 aliphatic heterocycles. The van der Waals surface area contributed by atoms with Crippen molar-refractivity contribution < 1.29 is 0 Å². The normalized spacial score (nSPS) is 12.7. The lowest BCUT2D eigenvalue weighted by atomic mass is 9.82. The maximum Gasteiger partial charge on any atom is 0.0541 e. The number of nitrogens with zero attached hydrogens (tertiary/aromatic N) is 2. The van der Waals surface area contributed by atoms with Gasteiger partial charge in [-0.2, -0.15) is 0 Å². The maximum atomic E-state index is 2.47. The summed E-state index contributed by atoms with van der Waals surface area (Å²) in [5, 5.41) is 4.95. The Hall–Kier alpha value is -7.94. The molecule has 2 heteroatoms. The van der Waals surface area contributed by atoms with Crippen molar-refractivity contribution in [3.05, 3.63) is 242 Å². The van der Waals surface area contributed by atoms with E-state index in [0.29, 0.717) is 0 Å². The highest BCUT2D eigenvalue weighted by atomic mass is 15.1. The van der Waals surface area contributed by atoms with Gasteiger partial charge in [-0.25, -0.2) is 0 Å². The lowest BCUT2D eigenvalue weighted by molar-refractivity contribution is 0.660. The number of rotatable bonds is 7. The number of anilines is 3. The van der Waals surface area contributed by atoms with E-state index in [0.717, 1.165) is 33.9 Å². The topological polar surface area (TPSA) is 8.17 Å². The molecule has 1 aromatic heterocycles. The van der Waals surface area contributed by atoms with Crippen molar-refractivity contribution in [2.75, 3.05) is 4.90 Å². The predicted molar refractivity (Wildman–Crippen MR) is 267 cm³/mol.